The quantitative estimate of drug-likeness (QED) is 0.716. The summed E-state index contributed by atoms with van der Waals surface area (Å²) in [5.74, 6) is -2.53. The van der Waals surface area contributed by atoms with Crippen LogP contribution in [0.4, 0.5) is 0 Å². The van der Waals surface area contributed by atoms with Crippen LogP contribution in [0.5, 0.6) is 0 Å². The first-order valence-electron chi connectivity index (χ1n) is 8.32. The van der Waals surface area contributed by atoms with Gasteiger partial charge in [0.1, 0.15) is 0 Å². The number of amides is 1. The van der Waals surface area contributed by atoms with Gasteiger partial charge in [0.05, 0.1) is 23.4 Å². The van der Waals surface area contributed by atoms with Crippen LogP contribution in [0, 0.1) is 5.92 Å². The molecule has 2 aromatic rings. The van der Waals surface area contributed by atoms with Crippen LogP contribution in [-0.2, 0) is 19.6 Å². The maximum atomic E-state index is 12.5. The molecule has 0 aliphatic rings. The molecule has 27 heavy (non-hydrogen) atoms. The van der Waals surface area contributed by atoms with E-state index in [1.807, 2.05) is 0 Å². The van der Waals surface area contributed by atoms with Gasteiger partial charge in [0.2, 0.25) is 15.9 Å². The summed E-state index contributed by atoms with van der Waals surface area (Å²) in [5, 5.41) is 12.0. The summed E-state index contributed by atoms with van der Waals surface area (Å²) < 4.78 is 26.0. The monoisotopic (exact) mass is 390 g/mol. The van der Waals surface area contributed by atoms with E-state index in [0.29, 0.717) is 5.56 Å². The predicted octanol–water partition coefficient (Wildman–Crippen LogP) is 1.89. The van der Waals surface area contributed by atoms with E-state index in [-0.39, 0.29) is 4.90 Å². The Morgan fingerprint density at radius 1 is 1.04 bits per heavy atom. The van der Waals surface area contributed by atoms with E-state index in [1.165, 1.54) is 26.1 Å². The minimum Gasteiger partial charge on any atom is -0.481 e. The van der Waals surface area contributed by atoms with Gasteiger partial charge >= 0.3 is 5.97 Å². The molecule has 0 aliphatic carbocycles. The molecule has 0 radical (unpaired) electrons. The third-order valence-electron chi connectivity index (χ3n) is 4.18. The van der Waals surface area contributed by atoms with Crippen LogP contribution in [0.3, 0.4) is 0 Å². The van der Waals surface area contributed by atoms with Crippen LogP contribution in [-0.4, -0.2) is 43.3 Å². The molecule has 0 aliphatic heterocycles. The predicted molar refractivity (Wildman–Crippen MR) is 100 cm³/mol. The van der Waals surface area contributed by atoms with Crippen molar-refractivity contribution in [2.24, 2.45) is 5.92 Å². The standard InChI is InChI=1S/C19H22N2O5S/c1-14(19(23)24)18(15-9-5-3-6-10-15)20-17(22)13-21(2)27(25,26)16-11-7-4-8-12-16/h3-12,14,18H,13H2,1-2H3,(H,20,22)(H,23,24). The molecule has 8 heteroatoms. The van der Waals surface area contributed by atoms with E-state index in [9.17, 15) is 23.1 Å². The Labute approximate surface area is 158 Å². The van der Waals surface area contributed by atoms with Crippen molar-refractivity contribution in [1.29, 1.82) is 0 Å². The molecule has 2 unspecified atom stereocenters. The Morgan fingerprint density at radius 2 is 1.56 bits per heavy atom. The number of carboxylic acid groups (broad SMARTS) is 1. The molecule has 2 rings (SSSR count). The highest BCUT2D eigenvalue weighted by Gasteiger charge is 2.29. The Hall–Kier alpha value is -2.71. The Balaban J connectivity index is 2.15. The van der Waals surface area contributed by atoms with Gasteiger partial charge in [-0.05, 0) is 24.6 Å². The Kier molecular flexibility index (Phi) is 6.70. The summed E-state index contributed by atoms with van der Waals surface area (Å²) in [7, 11) is -2.51. The minimum atomic E-state index is -3.81. The number of carbonyl (C=O) groups is 2. The number of hydrogen-bond acceptors (Lipinski definition) is 4. The van der Waals surface area contributed by atoms with Gasteiger partial charge in [0.15, 0.2) is 0 Å². The molecule has 2 atom stereocenters. The average Bonchev–Trinajstić information content (AvgIpc) is 2.66. The second kappa shape index (κ2) is 8.79. The molecule has 0 bridgehead atoms. The summed E-state index contributed by atoms with van der Waals surface area (Å²) in [4.78, 5) is 23.9. The van der Waals surface area contributed by atoms with Crippen molar-refractivity contribution in [3.63, 3.8) is 0 Å². The summed E-state index contributed by atoms with van der Waals surface area (Å²) in [6.07, 6.45) is 0. The van der Waals surface area contributed by atoms with Crippen molar-refractivity contribution < 1.29 is 23.1 Å². The molecular formula is C19H22N2O5S. The molecule has 7 nitrogen and oxygen atoms in total. The van der Waals surface area contributed by atoms with E-state index in [4.69, 9.17) is 0 Å². The van der Waals surface area contributed by atoms with Gasteiger partial charge in [-0.3, -0.25) is 9.59 Å². The van der Waals surface area contributed by atoms with Crippen molar-refractivity contribution >= 4 is 21.9 Å². The molecule has 0 heterocycles. The number of benzene rings is 2. The molecule has 144 valence electrons. The number of hydrogen-bond donors (Lipinski definition) is 2. The molecule has 0 spiro atoms. The highest BCUT2D eigenvalue weighted by atomic mass is 32.2. The van der Waals surface area contributed by atoms with Crippen LogP contribution in [0.2, 0.25) is 0 Å². The van der Waals surface area contributed by atoms with E-state index < -0.39 is 40.4 Å². The molecule has 2 N–H and O–H groups in total. The fourth-order valence-corrected chi connectivity index (χ4v) is 3.73. The van der Waals surface area contributed by atoms with Crippen LogP contribution < -0.4 is 5.32 Å². The van der Waals surface area contributed by atoms with Gasteiger partial charge in [0.25, 0.3) is 0 Å². The van der Waals surface area contributed by atoms with E-state index in [1.54, 1.807) is 48.5 Å². The second-order valence-corrected chi connectivity index (χ2v) is 8.20. The number of sulfonamides is 1. The fraction of sp³-hybridized carbons (Fsp3) is 0.263. The van der Waals surface area contributed by atoms with Crippen molar-refractivity contribution in [2.45, 2.75) is 17.9 Å². The molecule has 0 aromatic heterocycles. The fourth-order valence-electron chi connectivity index (χ4n) is 2.58. The number of carboxylic acids is 1. The lowest BCUT2D eigenvalue weighted by molar-refractivity contribution is -0.142. The number of carbonyl (C=O) groups excluding carboxylic acids is 1. The lowest BCUT2D eigenvalue weighted by Crippen LogP contribution is -2.42. The largest absolute Gasteiger partial charge is 0.481 e. The first-order valence-corrected chi connectivity index (χ1v) is 9.76. The second-order valence-electron chi connectivity index (χ2n) is 6.16. The summed E-state index contributed by atoms with van der Waals surface area (Å²) in [6, 6.07) is 15.7. The maximum Gasteiger partial charge on any atom is 0.308 e. The van der Waals surface area contributed by atoms with E-state index >= 15 is 0 Å². The highest BCUT2D eigenvalue weighted by molar-refractivity contribution is 7.89. The van der Waals surface area contributed by atoms with Gasteiger partial charge in [-0.1, -0.05) is 48.5 Å². The molecule has 0 saturated carbocycles. The normalized spacial score (nSPS) is 13.7. The van der Waals surface area contributed by atoms with Gasteiger partial charge in [0, 0.05) is 7.05 Å². The van der Waals surface area contributed by atoms with E-state index in [2.05, 4.69) is 5.32 Å². The number of nitrogens with one attached hydrogen (secondary N) is 1. The van der Waals surface area contributed by atoms with Crippen molar-refractivity contribution in [2.75, 3.05) is 13.6 Å². The zero-order valence-corrected chi connectivity index (χ0v) is 15.9. The van der Waals surface area contributed by atoms with Crippen LogP contribution >= 0.6 is 0 Å². The first-order chi connectivity index (χ1) is 12.7. The van der Waals surface area contributed by atoms with Gasteiger partial charge in [-0.15, -0.1) is 0 Å². The minimum absolute atomic E-state index is 0.0822. The number of rotatable bonds is 8. The zero-order chi connectivity index (χ0) is 20.0. The third-order valence-corrected chi connectivity index (χ3v) is 6.00. The lowest BCUT2D eigenvalue weighted by Gasteiger charge is -2.24. The zero-order valence-electron chi connectivity index (χ0n) is 15.1. The van der Waals surface area contributed by atoms with Gasteiger partial charge < -0.3 is 10.4 Å². The van der Waals surface area contributed by atoms with Crippen molar-refractivity contribution in [3.05, 3.63) is 66.2 Å². The Bertz CT molecular complexity index is 885. The topological polar surface area (TPSA) is 104 Å². The number of nitrogens with zero attached hydrogens (tertiary/aromatic N) is 1. The molecule has 2 aromatic carbocycles. The maximum absolute atomic E-state index is 12.5. The van der Waals surface area contributed by atoms with Crippen LogP contribution in [0.1, 0.15) is 18.5 Å². The summed E-state index contributed by atoms with van der Waals surface area (Å²) >= 11 is 0. The lowest BCUT2D eigenvalue weighted by atomic mass is 9.94. The van der Waals surface area contributed by atoms with Gasteiger partial charge in [-0.2, -0.15) is 4.31 Å². The molecule has 1 amide bonds. The molecular weight excluding hydrogens is 368 g/mol. The number of likely N-dealkylation sites (N-methyl/N-ethyl adjacent to an activating group) is 1. The van der Waals surface area contributed by atoms with Crippen LogP contribution in [0.15, 0.2) is 65.6 Å². The van der Waals surface area contributed by atoms with Crippen molar-refractivity contribution in [3.8, 4) is 0 Å². The summed E-state index contributed by atoms with van der Waals surface area (Å²) in [5.41, 5.74) is 0.634. The summed E-state index contributed by atoms with van der Waals surface area (Å²) in [6.45, 7) is 1.07. The van der Waals surface area contributed by atoms with E-state index in [0.717, 1.165) is 4.31 Å². The SMILES string of the molecule is CC(C(=O)O)C(NC(=O)CN(C)S(=O)(=O)c1ccccc1)c1ccccc1. The molecule has 0 saturated heterocycles. The number of aliphatic carboxylic acids is 1. The highest BCUT2D eigenvalue weighted by Crippen LogP contribution is 2.22. The van der Waals surface area contributed by atoms with Gasteiger partial charge in [-0.25, -0.2) is 8.42 Å². The van der Waals surface area contributed by atoms with Crippen LogP contribution in [0.25, 0.3) is 0 Å². The molecule has 0 fully saturated rings. The van der Waals surface area contributed by atoms with Crippen molar-refractivity contribution in [1.82, 2.24) is 9.62 Å². The Morgan fingerprint density at radius 3 is 2.07 bits per heavy atom. The third kappa shape index (κ3) is 5.15. The smallest absolute Gasteiger partial charge is 0.308 e. The average molecular weight is 390 g/mol. The first kappa shape index (κ1) is 20.6.